The number of carbonyl (C=O) groups excluding carboxylic acids is 1. The van der Waals surface area contributed by atoms with Crippen LogP contribution < -0.4 is 0 Å². The van der Waals surface area contributed by atoms with Gasteiger partial charge in [-0.3, -0.25) is 4.79 Å². The molecule has 0 amide bonds. The average molecular weight is 543 g/mol. The molecule has 0 unspecified atom stereocenters. The summed E-state index contributed by atoms with van der Waals surface area (Å²) in [7, 11) is -1.90. The van der Waals surface area contributed by atoms with Crippen molar-refractivity contribution in [1.82, 2.24) is 0 Å². The maximum Gasteiger partial charge on any atom is 0.306 e. The van der Waals surface area contributed by atoms with Crippen LogP contribution in [0.4, 0.5) is 0 Å². The molecule has 1 saturated heterocycles. The van der Waals surface area contributed by atoms with Crippen molar-refractivity contribution in [2.75, 3.05) is 11.5 Å². The summed E-state index contributed by atoms with van der Waals surface area (Å²) in [6.45, 7) is 28.4. The summed E-state index contributed by atoms with van der Waals surface area (Å²) in [4.78, 5) is 12.9. The third-order valence-corrected chi connectivity index (χ3v) is 15.3. The Morgan fingerprint density at radius 2 is 1.74 bits per heavy atom. The van der Waals surface area contributed by atoms with Crippen molar-refractivity contribution >= 4 is 37.8 Å². The topological polar surface area (TPSA) is 35.5 Å². The highest BCUT2D eigenvalue weighted by atomic mass is 32.2. The smallest absolute Gasteiger partial charge is 0.306 e. The zero-order valence-corrected chi connectivity index (χ0v) is 26.8. The largest absolute Gasteiger partial charge is 0.462 e. The normalized spacial score (nSPS) is 19.9. The maximum atomic E-state index is 12.9. The van der Waals surface area contributed by atoms with Gasteiger partial charge in [-0.15, -0.1) is 36.7 Å². The van der Waals surface area contributed by atoms with Gasteiger partial charge in [-0.25, -0.2) is 0 Å². The van der Waals surface area contributed by atoms with Crippen molar-refractivity contribution < 1.29 is 14.0 Å². The first kappa shape index (κ1) is 32.9. The Morgan fingerprint density at radius 1 is 1.14 bits per heavy atom. The second-order valence-corrected chi connectivity index (χ2v) is 20.6. The fourth-order valence-corrected chi connectivity index (χ4v) is 9.12. The van der Waals surface area contributed by atoms with E-state index in [-0.39, 0.29) is 27.3 Å². The van der Waals surface area contributed by atoms with Gasteiger partial charge in [0.2, 0.25) is 0 Å². The first-order valence-electron chi connectivity index (χ1n) is 13.5. The fraction of sp³-hybridized carbons (Fsp3) is 0.828. The quantitative estimate of drug-likeness (QED) is 0.117. The Bertz CT molecular complexity index is 680. The van der Waals surface area contributed by atoms with E-state index in [0.29, 0.717) is 24.7 Å². The molecule has 3 nitrogen and oxygen atoms in total. The second kappa shape index (κ2) is 14.7. The molecule has 0 aromatic rings. The van der Waals surface area contributed by atoms with Gasteiger partial charge < -0.3 is 9.16 Å². The standard InChI is InChI=1S/C29H54O3S2Si/c1-12-15-25(24(5)21-29(9)33-18-14-19-34-29)31-27(30)17-13-16-26(23(4)20-22(2)3)32-35(10,11)28(6,7)8/h12,23-26H,1-2,13-21H2,3-11H3/t23-,24-,25+,26-/m0/s1. The predicted molar refractivity (Wildman–Crippen MR) is 161 cm³/mol. The third kappa shape index (κ3) is 11.8. The second-order valence-electron chi connectivity index (χ2n) is 12.4. The molecule has 0 radical (unpaired) electrons. The molecule has 1 aliphatic heterocycles. The van der Waals surface area contributed by atoms with Crippen LogP contribution in [0, 0.1) is 11.8 Å². The number of hydrogen-bond donors (Lipinski definition) is 0. The van der Waals surface area contributed by atoms with E-state index in [0.717, 1.165) is 25.7 Å². The predicted octanol–water partition coefficient (Wildman–Crippen LogP) is 9.25. The lowest BCUT2D eigenvalue weighted by atomic mass is 9.93. The Balaban J connectivity index is 2.71. The number of ether oxygens (including phenoxy) is 1. The molecule has 1 rings (SSSR count). The van der Waals surface area contributed by atoms with Gasteiger partial charge in [0.05, 0.1) is 4.08 Å². The Hall–Kier alpha value is -0.173. The summed E-state index contributed by atoms with van der Waals surface area (Å²) < 4.78 is 13.1. The number of allylic oxidation sites excluding steroid dienone is 1. The average Bonchev–Trinajstić information content (AvgIpc) is 2.71. The monoisotopic (exact) mass is 542 g/mol. The molecule has 6 heteroatoms. The lowest BCUT2D eigenvalue weighted by molar-refractivity contribution is -0.151. The molecule has 4 atom stereocenters. The molecule has 0 aromatic heterocycles. The first-order valence-corrected chi connectivity index (χ1v) is 18.4. The van der Waals surface area contributed by atoms with Crippen LogP contribution in [0.2, 0.25) is 18.1 Å². The number of thioether (sulfide) groups is 2. The van der Waals surface area contributed by atoms with E-state index < -0.39 is 8.32 Å². The van der Waals surface area contributed by atoms with Crippen LogP contribution in [0.25, 0.3) is 0 Å². The Labute approximate surface area is 227 Å². The molecule has 1 heterocycles. The van der Waals surface area contributed by atoms with E-state index in [9.17, 15) is 4.79 Å². The molecule has 35 heavy (non-hydrogen) atoms. The summed E-state index contributed by atoms with van der Waals surface area (Å²) >= 11 is 4.12. The molecule has 0 N–H and O–H groups in total. The summed E-state index contributed by atoms with van der Waals surface area (Å²) in [5.74, 6) is 3.06. The molecular weight excluding hydrogens is 489 g/mol. The van der Waals surface area contributed by atoms with Crippen LogP contribution in [-0.4, -0.2) is 42.1 Å². The van der Waals surface area contributed by atoms with Gasteiger partial charge in [0, 0.05) is 18.9 Å². The zero-order valence-electron chi connectivity index (χ0n) is 24.2. The van der Waals surface area contributed by atoms with Crippen LogP contribution in [0.5, 0.6) is 0 Å². The summed E-state index contributed by atoms with van der Waals surface area (Å²) in [6.07, 6.45) is 8.05. The van der Waals surface area contributed by atoms with Crippen molar-refractivity contribution in [3.8, 4) is 0 Å². The third-order valence-electron chi connectivity index (χ3n) is 7.54. The zero-order chi connectivity index (χ0) is 26.9. The van der Waals surface area contributed by atoms with Crippen LogP contribution in [0.3, 0.4) is 0 Å². The number of carbonyl (C=O) groups is 1. The minimum Gasteiger partial charge on any atom is -0.462 e. The van der Waals surface area contributed by atoms with Crippen LogP contribution in [0.15, 0.2) is 24.8 Å². The lowest BCUT2D eigenvalue weighted by Gasteiger charge is -2.41. The highest BCUT2D eigenvalue weighted by molar-refractivity contribution is 8.18. The number of esters is 1. The molecule has 0 bridgehead atoms. The van der Waals surface area contributed by atoms with Crippen molar-refractivity contribution in [2.24, 2.45) is 11.8 Å². The maximum absolute atomic E-state index is 12.9. The van der Waals surface area contributed by atoms with E-state index in [2.05, 4.69) is 98.2 Å². The van der Waals surface area contributed by atoms with Crippen LogP contribution in [0.1, 0.15) is 93.4 Å². The highest BCUT2D eigenvalue weighted by Crippen LogP contribution is 2.46. The molecule has 0 aromatic carbocycles. The van der Waals surface area contributed by atoms with Crippen molar-refractivity contribution in [3.05, 3.63) is 24.8 Å². The summed E-state index contributed by atoms with van der Waals surface area (Å²) in [5.41, 5.74) is 1.19. The SMILES string of the molecule is C=CC[C@@H](OC(=O)CCC[C@H](O[Si](C)(C)C(C)(C)C)[C@@H](C)CC(=C)C)[C@@H](C)CC1(C)SCCCS1. The van der Waals surface area contributed by atoms with Crippen molar-refractivity contribution in [1.29, 1.82) is 0 Å². The van der Waals surface area contributed by atoms with Crippen molar-refractivity contribution in [2.45, 2.75) is 128 Å². The molecule has 204 valence electrons. The molecular formula is C29H54O3S2Si. The minimum absolute atomic E-state index is 0.0866. The number of rotatable bonds is 15. The van der Waals surface area contributed by atoms with Gasteiger partial charge in [-0.2, -0.15) is 0 Å². The Morgan fingerprint density at radius 3 is 2.26 bits per heavy atom. The number of hydrogen-bond acceptors (Lipinski definition) is 5. The van der Waals surface area contributed by atoms with Gasteiger partial charge in [0.25, 0.3) is 0 Å². The van der Waals surface area contributed by atoms with E-state index in [1.54, 1.807) is 0 Å². The molecule has 1 fully saturated rings. The van der Waals surface area contributed by atoms with Gasteiger partial charge in [0.1, 0.15) is 6.10 Å². The fourth-order valence-electron chi connectivity index (χ4n) is 4.44. The van der Waals surface area contributed by atoms with E-state index in [1.807, 2.05) is 6.08 Å². The first-order chi connectivity index (χ1) is 16.1. The van der Waals surface area contributed by atoms with E-state index in [1.165, 1.54) is 23.5 Å². The molecule has 0 aliphatic carbocycles. The Kier molecular flexibility index (Phi) is 13.8. The summed E-state index contributed by atoms with van der Waals surface area (Å²) in [5, 5.41) is 0.159. The summed E-state index contributed by atoms with van der Waals surface area (Å²) in [6, 6.07) is 0. The van der Waals surface area contributed by atoms with Gasteiger partial charge >= 0.3 is 5.97 Å². The minimum atomic E-state index is -1.90. The van der Waals surface area contributed by atoms with Gasteiger partial charge in [-0.05, 0) is 87.4 Å². The van der Waals surface area contributed by atoms with Crippen LogP contribution >= 0.6 is 23.5 Å². The van der Waals surface area contributed by atoms with Gasteiger partial charge in [0.15, 0.2) is 8.32 Å². The van der Waals surface area contributed by atoms with E-state index in [4.69, 9.17) is 9.16 Å². The molecule has 0 saturated carbocycles. The highest BCUT2D eigenvalue weighted by Gasteiger charge is 2.40. The molecule has 0 spiro atoms. The molecule has 1 aliphatic rings. The lowest BCUT2D eigenvalue weighted by Crippen LogP contribution is -2.45. The van der Waals surface area contributed by atoms with Crippen molar-refractivity contribution in [3.63, 3.8) is 0 Å². The van der Waals surface area contributed by atoms with E-state index >= 15 is 0 Å². The van der Waals surface area contributed by atoms with Crippen LogP contribution in [-0.2, 0) is 14.0 Å². The van der Waals surface area contributed by atoms with Gasteiger partial charge in [-0.1, -0.05) is 46.3 Å².